The number of rotatable bonds is 6. The molecule has 0 aromatic heterocycles. The van der Waals surface area contributed by atoms with Crippen molar-refractivity contribution < 1.29 is 14.6 Å². The highest BCUT2D eigenvalue weighted by molar-refractivity contribution is 6.42. The van der Waals surface area contributed by atoms with Gasteiger partial charge in [-0.15, -0.1) is 24.8 Å². The first-order valence-electron chi connectivity index (χ1n) is 8.99. The number of halogens is 4. The molecule has 0 amide bonds. The maximum atomic E-state index is 10.2. The summed E-state index contributed by atoms with van der Waals surface area (Å²) in [5.74, 6) is 1.29. The van der Waals surface area contributed by atoms with E-state index in [1.807, 2.05) is 24.3 Å². The number of likely N-dealkylation sites (tertiary alicyclic amines) is 1. The Labute approximate surface area is 193 Å². The molecular weight excluding hydrogens is 458 g/mol. The van der Waals surface area contributed by atoms with E-state index in [0.29, 0.717) is 27.2 Å². The Morgan fingerprint density at radius 3 is 2.31 bits per heavy atom. The summed E-state index contributed by atoms with van der Waals surface area (Å²) in [5, 5.41) is 11.2. The Morgan fingerprint density at radius 1 is 1.07 bits per heavy atom. The summed E-state index contributed by atoms with van der Waals surface area (Å²) in [6.07, 6.45) is 0.599. The zero-order valence-corrected chi connectivity index (χ0v) is 19.1. The van der Waals surface area contributed by atoms with Crippen LogP contribution in [0, 0.1) is 0 Å². The summed E-state index contributed by atoms with van der Waals surface area (Å²) in [4.78, 5) is 2.12. The number of nitrogens with two attached hydrogens (primary N) is 1. The number of hydrogen-bond donors (Lipinski definition) is 2. The number of hydrogen-bond acceptors (Lipinski definition) is 5. The molecule has 162 valence electrons. The van der Waals surface area contributed by atoms with Crippen molar-refractivity contribution in [1.29, 1.82) is 0 Å². The van der Waals surface area contributed by atoms with Gasteiger partial charge in [0.1, 0.15) is 23.7 Å². The van der Waals surface area contributed by atoms with Crippen LogP contribution in [0.2, 0.25) is 10.0 Å². The van der Waals surface area contributed by atoms with Gasteiger partial charge in [0.2, 0.25) is 0 Å². The SMILES string of the molecule is CC(O)C(Oc1ccccc1N)N1CCC(Oc2ccc(Cl)c(Cl)c2)CC1.Cl.Cl. The van der Waals surface area contributed by atoms with E-state index in [4.69, 9.17) is 38.4 Å². The number of benzene rings is 2. The lowest BCUT2D eigenvalue weighted by Gasteiger charge is -2.38. The molecule has 2 aromatic carbocycles. The number of ether oxygens (including phenoxy) is 2. The molecule has 1 aliphatic heterocycles. The van der Waals surface area contributed by atoms with Gasteiger partial charge in [-0.25, -0.2) is 0 Å². The van der Waals surface area contributed by atoms with Gasteiger partial charge in [0.15, 0.2) is 6.23 Å². The van der Waals surface area contributed by atoms with E-state index in [-0.39, 0.29) is 30.9 Å². The van der Waals surface area contributed by atoms with Gasteiger partial charge in [0.05, 0.1) is 15.7 Å². The third-order valence-corrected chi connectivity index (χ3v) is 5.35. The van der Waals surface area contributed by atoms with Crippen molar-refractivity contribution in [3.8, 4) is 11.5 Å². The smallest absolute Gasteiger partial charge is 0.178 e. The van der Waals surface area contributed by atoms with Gasteiger partial charge in [-0.2, -0.15) is 0 Å². The predicted octanol–water partition coefficient (Wildman–Crippen LogP) is 5.05. The lowest BCUT2D eigenvalue weighted by atomic mass is 10.1. The van der Waals surface area contributed by atoms with E-state index < -0.39 is 12.3 Å². The Morgan fingerprint density at radius 2 is 1.72 bits per heavy atom. The predicted molar refractivity (Wildman–Crippen MR) is 123 cm³/mol. The summed E-state index contributed by atoms with van der Waals surface area (Å²) in [6.45, 7) is 3.21. The van der Waals surface area contributed by atoms with Gasteiger partial charge in [-0.05, 0) is 44.0 Å². The zero-order chi connectivity index (χ0) is 19.4. The van der Waals surface area contributed by atoms with Crippen LogP contribution < -0.4 is 15.2 Å². The molecule has 0 spiro atoms. The summed E-state index contributed by atoms with van der Waals surface area (Å²) < 4.78 is 12.0. The van der Waals surface area contributed by atoms with Crippen LogP contribution >= 0.6 is 48.0 Å². The number of nitrogen functional groups attached to an aromatic ring is 1. The van der Waals surface area contributed by atoms with Gasteiger partial charge in [-0.3, -0.25) is 4.90 Å². The molecule has 2 atom stereocenters. The first kappa shape index (κ1) is 26.0. The number of nitrogens with zero attached hydrogens (tertiary/aromatic N) is 1. The Hall–Kier alpha value is -1.08. The largest absolute Gasteiger partial charge is 0.490 e. The van der Waals surface area contributed by atoms with E-state index in [1.165, 1.54) is 0 Å². The lowest BCUT2D eigenvalue weighted by Crippen LogP contribution is -2.51. The fourth-order valence-corrected chi connectivity index (χ4v) is 3.47. The van der Waals surface area contributed by atoms with Gasteiger partial charge in [0.25, 0.3) is 0 Å². The highest BCUT2D eigenvalue weighted by atomic mass is 35.5. The van der Waals surface area contributed by atoms with Crippen molar-refractivity contribution in [2.45, 2.75) is 38.2 Å². The Kier molecular flexibility index (Phi) is 10.7. The van der Waals surface area contributed by atoms with Crippen LogP contribution in [0.25, 0.3) is 0 Å². The summed E-state index contributed by atoms with van der Waals surface area (Å²) in [6, 6.07) is 12.6. The van der Waals surface area contributed by atoms with E-state index in [2.05, 4.69) is 4.90 Å². The minimum atomic E-state index is -0.655. The molecule has 1 fully saturated rings. The molecule has 5 nitrogen and oxygen atoms in total. The summed E-state index contributed by atoms with van der Waals surface area (Å²) >= 11 is 12.0. The standard InChI is InChI=1S/C20H24Cl2N2O3.2ClH/c1-13(25)20(27-19-5-3-2-4-18(19)23)24-10-8-14(9-11-24)26-15-6-7-16(21)17(22)12-15;;/h2-7,12-14,20,25H,8-11,23H2,1H3;2*1H. The van der Waals surface area contributed by atoms with Crippen LogP contribution in [-0.4, -0.2) is 41.5 Å². The lowest BCUT2D eigenvalue weighted by molar-refractivity contribution is -0.0753. The molecule has 0 saturated carbocycles. The molecule has 0 bridgehead atoms. The van der Waals surface area contributed by atoms with E-state index >= 15 is 0 Å². The third kappa shape index (κ3) is 6.99. The highest BCUT2D eigenvalue weighted by Crippen LogP contribution is 2.29. The van der Waals surface area contributed by atoms with Gasteiger partial charge in [0, 0.05) is 19.2 Å². The fraction of sp³-hybridized carbons (Fsp3) is 0.400. The number of piperidine rings is 1. The van der Waals surface area contributed by atoms with Crippen molar-refractivity contribution in [2.24, 2.45) is 0 Å². The molecule has 3 N–H and O–H groups in total. The number of anilines is 1. The van der Waals surface area contributed by atoms with E-state index in [9.17, 15) is 5.11 Å². The summed E-state index contributed by atoms with van der Waals surface area (Å²) in [7, 11) is 0. The molecule has 1 saturated heterocycles. The maximum Gasteiger partial charge on any atom is 0.178 e. The monoisotopic (exact) mass is 482 g/mol. The molecule has 2 aromatic rings. The van der Waals surface area contributed by atoms with E-state index in [1.54, 1.807) is 25.1 Å². The topological polar surface area (TPSA) is 68.0 Å². The first-order valence-corrected chi connectivity index (χ1v) is 9.74. The normalized spacial score (nSPS) is 16.8. The molecule has 0 aliphatic carbocycles. The van der Waals surface area contributed by atoms with Crippen molar-refractivity contribution in [3.05, 3.63) is 52.5 Å². The fourth-order valence-electron chi connectivity index (χ4n) is 3.19. The molecule has 9 heteroatoms. The van der Waals surface area contributed by atoms with Crippen LogP contribution in [0.1, 0.15) is 19.8 Å². The van der Waals surface area contributed by atoms with Gasteiger partial charge >= 0.3 is 0 Å². The molecule has 3 rings (SSSR count). The Bertz CT molecular complexity index is 771. The average molecular weight is 484 g/mol. The quantitative estimate of drug-likeness (QED) is 0.562. The van der Waals surface area contributed by atoms with Crippen LogP contribution in [0.3, 0.4) is 0 Å². The molecule has 29 heavy (non-hydrogen) atoms. The molecule has 0 radical (unpaired) electrons. The molecule has 1 heterocycles. The van der Waals surface area contributed by atoms with Gasteiger partial charge in [-0.1, -0.05) is 35.3 Å². The zero-order valence-electron chi connectivity index (χ0n) is 16.0. The second-order valence-electron chi connectivity index (χ2n) is 6.72. The second kappa shape index (κ2) is 11.9. The maximum absolute atomic E-state index is 10.2. The minimum absolute atomic E-state index is 0. The van der Waals surface area contributed by atoms with Crippen molar-refractivity contribution in [1.82, 2.24) is 4.90 Å². The van der Waals surface area contributed by atoms with Gasteiger partial charge < -0.3 is 20.3 Å². The van der Waals surface area contributed by atoms with Crippen LogP contribution in [-0.2, 0) is 0 Å². The van der Waals surface area contributed by atoms with E-state index in [0.717, 1.165) is 25.9 Å². The molecule has 1 aliphatic rings. The first-order chi connectivity index (χ1) is 12.9. The average Bonchev–Trinajstić information content (AvgIpc) is 2.65. The molecule has 2 unspecified atom stereocenters. The minimum Gasteiger partial charge on any atom is -0.490 e. The highest BCUT2D eigenvalue weighted by Gasteiger charge is 2.30. The molecular formula is C20H26Cl4N2O3. The van der Waals surface area contributed by atoms with Crippen molar-refractivity contribution in [3.63, 3.8) is 0 Å². The number of para-hydroxylation sites is 2. The van der Waals surface area contributed by atoms with Crippen molar-refractivity contribution in [2.75, 3.05) is 18.8 Å². The number of aliphatic hydroxyl groups excluding tert-OH is 1. The Balaban J connectivity index is 0.00000210. The van der Waals surface area contributed by atoms with Crippen LogP contribution in [0.15, 0.2) is 42.5 Å². The number of aliphatic hydroxyl groups is 1. The summed E-state index contributed by atoms with van der Waals surface area (Å²) in [5.41, 5.74) is 6.52. The van der Waals surface area contributed by atoms with Crippen LogP contribution in [0.4, 0.5) is 5.69 Å². The third-order valence-electron chi connectivity index (χ3n) is 4.61. The second-order valence-corrected chi connectivity index (χ2v) is 7.53. The van der Waals surface area contributed by atoms with Crippen LogP contribution in [0.5, 0.6) is 11.5 Å². The van der Waals surface area contributed by atoms with Crippen molar-refractivity contribution >= 4 is 53.7 Å².